The minimum atomic E-state index is -1.06. The first-order valence-corrected chi connectivity index (χ1v) is 6.20. The van der Waals surface area contributed by atoms with Crippen molar-refractivity contribution in [2.75, 3.05) is 19.7 Å². The van der Waals surface area contributed by atoms with Crippen LogP contribution in [0.1, 0.15) is 17.3 Å². The molecule has 8 nitrogen and oxygen atoms in total. The molecule has 1 amide bonds. The lowest BCUT2D eigenvalue weighted by Gasteiger charge is -2.47. The van der Waals surface area contributed by atoms with E-state index in [1.165, 1.54) is 29.2 Å². The summed E-state index contributed by atoms with van der Waals surface area (Å²) in [7, 11) is 0. The van der Waals surface area contributed by atoms with Crippen LogP contribution in [0.3, 0.4) is 0 Å². The first kappa shape index (κ1) is 14.9. The minimum Gasteiger partial charge on any atom is -0.480 e. The molecule has 8 heteroatoms. The number of nitro benzene ring substituents is 1. The zero-order chi connectivity index (χ0) is 15.6. The zero-order valence-electron chi connectivity index (χ0n) is 11.3. The van der Waals surface area contributed by atoms with Gasteiger partial charge in [0.1, 0.15) is 12.2 Å². The molecule has 21 heavy (non-hydrogen) atoms. The van der Waals surface area contributed by atoms with E-state index >= 15 is 0 Å². The number of non-ortho nitro benzene ring substituents is 1. The number of carbonyl (C=O) groups is 2. The first-order valence-electron chi connectivity index (χ1n) is 6.20. The Bertz CT molecular complexity index is 577. The molecule has 1 heterocycles. The van der Waals surface area contributed by atoms with E-state index in [1.54, 1.807) is 6.92 Å². The summed E-state index contributed by atoms with van der Waals surface area (Å²) in [6.07, 6.45) is 0. The Kier molecular flexibility index (Phi) is 3.90. The second kappa shape index (κ2) is 5.49. The molecule has 0 bridgehead atoms. The van der Waals surface area contributed by atoms with Crippen LogP contribution < -0.4 is 0 Å². The third kappa shape index (κ3) is 3.34. The Morgan fingerprint density at radius 1 is 1.38 bits per heavy atom. The summed E-state index contributed by atoms with van der Waals surface area (Å²) >= 11 is 0. The van der Waals surface area contributed by atoms with Crippen molar-refractivity contribution in [3.63, 3.8) is 0 Å². The van der Waals surface area contributed by atoms with Crippen LogP contribution in [0.2, 0.25) is 0 Å². The third-order valence-corrected chi connectivity index (χ3v) is 3.21. The molecule has 0 spiro atoms. The first-order chi connectivity index (χ1) is 9.81. The molecule has 2 rings (SSSR count). The molecule has 1 aromatic rings. The molecule has 1 aliphatic rings. The maximum absolute atomic E-state index is 12.1. The molecule has 0 radical (unpaired) electrons. The lowest BCUT2D eigenvalue weighted by molar-refractivity contribution is -0.384. The number of carboxylic acid groups (broad SMARTS) is 1. The molecule has 0 unspecified atom stereocenters. The van der Waals surface area contributed by atoms with Crippen molar-refractivity contribution in [1.29, 1.82) is 0 Å². The molecular formula is C13H14N2O6. The predicted octanol–water partition coefficient (Wildman–Crippen LogP) is 0.910. The van der Waals surface area contributed by atoms with Crippen molar-refractivity contribution in [1.82, 2.24) is 4.90 Å². The molecule has 0 atom stereocenters. The third-order valence-electron chi connectivity index (χ3n) is 3.21. The van der Waals surface area contributed by atoms with E-state index in [2.05, 4.69) is 0 Å². The van der Waals surface area contributed by atoms with E-state index < -0.39 is 23.1 Å². The fraction of sp³-hybridized carbons (Fsp3) is 0.385. The number of likely N-dealkylation sites (tertiary alicyclic amines) is 1. The van der Waals surface area contributed by atoms with Crippen molar-refractivity contribution in [2.24, 2.45) is 0 Å². The van der Waals surface area contributed by atoms with Gasteiger partial charge in [-0.25, -0.2) is 4.79 Å². The van der Waals surface area contributed by atoms with Gasteiger partial charge in [0.05, 0.1) is 18.0 Å². The minimum absolute atomic E-state index is 0.0789. The molecule has 1 saturated heterocycles. The van der Waals surface area contributed by atoms with Crippen molar-refractivity contribution in [2.45, 2.75) is 12.5 Å². The van der Waals surface area contributed by atoms with Gasteiger partial charge in [-0.2, -0.15) is 0 Å². The van der Waals surface area contributed by atoms with Crippen LogP contribution in [0, 0.1) is 10.1 Å². The summed E-state index contributed by atoms with van der Waals surface area (Å²) in [6, 6.07) is 5.34. The number of amides is 1. The summed E-state index contributed by atoms with van der Waals surface area (Å²) in [6.45, 7) is 1.90. The van der Waals surface area contributed by atoms with Gasteiger partial charge in [0, 0.05) is 17.7 Å². The maximum Gasteiger partial charge on any atom is 0.329 e. The Morgan fingerprint density at radius 2 is 1.95 bits per heavy atom. The molecular weight excluding hydrogens is 280 g/mol. The smallest absolute Gasteiger partial charge is 0.329 e. The summed E-state index contributed by atoms with van der Waals surface area (Å²) in [4.78, 5) is 34.1. The van der Waals surface area contributed by atoms with Gasteiger partial charge in [0.2, 0.25) is 0 Å². The summed E-state index contributed by atoms with van der Waals surface area (Å²) in [5.41, 5.74) is -0.389. The van der Waals surface area contributed by atoms with Gasteiger partial charge in [-0.1, -0.05) is 0 Å². The van der Waals surface area contributed by atoms with E-state index in [9.17, 15) is 19.7 Å². The van der Waals surface area contributed by atoms with Crippen LogP contribution in [0.5, 0.6) is 0 Å². The van der Waals surface area contributed by atoms with Gasteiger partial charge in [-0.05, 0) is 19.1 Å². The van der Waals surface area contributed by atoms with Gasteiger partial charge in [0.25, 0.3) is 11.6 Å². The Labute approximate surface area is 120 Å². The number of nitro groups is 1. The van der Waals surface area contributed by atoms with Crippen molar-refractivity contribution < 1.29 is 24.4 Å². The maximum atomic E-state index is 12.1. The number of hydrogen-bond acceptors (Lipinski definition) is 5. The van der Waals surface area contributed by atoms with Gasteiger partial charge >= 0.3 is 5.97 Å². The fourth-order valence-electron chi connectivity index (χ4n) is 2.14. The summed E-state index contributed by atoms with van der Waals surface area (Å²) in [5.74, 6) is -1.32. The lowest BCUT2D eigenvalue weighted by Crippen LogP contribution is -2.63. The average Bonchev–Trinajstić information content (AvgIpc) is 2.41. The number of carboxylic acids is 1. The number of benzene rings is 1. The second-order valence-corrected chi connectivity index (χ2v) is 5.10. The van der Waals surface area contributed by atoms with Crippen LogP contribution in [0.4, 0.5) is 5.69 Å². The SMILES string of the molecule is CC1(OCC(=O)O)CN(C(=O)c2ccc([N+](=O)[O-])cc2)C1. The van der Waals surface area contributed by atoms with E-state index in [1.807, 2.05) is 0 Å². The quantitative estimate of drug-likeness (QED) is 0.638. The zero-order valence-corrected chi connectivity index (χ0v) is 11.3. The molecule has 0 aliphatic carbocycles. The number of hydrogen-bond donors (Lipinski definition) is 1. The predicted molar refractivity (Wildman–Crippen MR) is 71.0 cm³/mol. The van der Waals surface area contributed by atoms with Gasteiger partial charge in [0.15, 0.2) is 0 Å². The average molecular weight is 294 g/mol. The fourth-order valence-corrected chi connectivity index (χ4v) is 2.14. The molecule has 1 N–H and O–H groups in total. The standard InChI is InChI=1S/C13H14N2O6/c1-13(21-6-11(16)17)7-14(8-13)12(18)9-2-4-10(5-3-9)15(19)20/h2-5H,6-8H2,1H3,(H,16,17). The molecule has 0 saturated carbocycles. The summed E-state index contributed by atoms with van der Waals surface area (Å²) < 4.78 is 5.21. The highest BCUT2D eigenvalue weighted by molar-refractivity contribution is 5.95. The highest BCUT2D eigenvalue weighted by Gasteiger charge is 2.42. The van der Waals surface area contributed by atoms with Crippen molar-refractivity contribution >= 4 is 17.6 Å². The Morgan fingerprint density at radius 3 is 2.43 bits per heavy atom. The number of aliphatic carboxylic acids is 1. The van der Waals surface area contributed by atoms with Gasteiger partial charge in [-0.3, -0.25) is 14.9 Å². The molecule has 1 aromatic carbocycles. The second-order valence-electron chi connectivity index (χ2n) is 5.10. The van der Waals surface area contributed by atoms with Crippen LogP contribution in [0.25, 0.3) is 0 Å². The van der Waals surface area contributed by atoms with Crippen LogP contribution in [-0.2, 0) is 9.53 Å². The topological polar surface area (TPSA) is 110 Å². The number of rotatable bonds is 5. The summed E-state index contributed by atoms with van der Waals surface area (Å²) in [5, 5.41) is 19.1. The number of carbonyl (C=O) groups excluding carboxylic acids is 1. The van der Waals surface area contributed by atoms with Crippen molar-refractivity contribution in [3.05, 3.63) is 39.9 Å². The van der Waals surface area contributed by atoms with E-state index in [0.717, 1.165) is 0 Å². The van der Waals surface area contributed by atoms with Crippen molar-refractivity contribution in [3.8, 4) is 0 Å². The van der Waals surface area contributed by atoms with Gasteiger partial charge in [-0.15, -0.1) is 0 Å². The van der Waals surface area contributed by atoms with Gasteiger partial charge < -0.3 is 14.7 Å². The highest BCUT2D eigenvalue weighted by atomic mass is 16.6. The van der Waals surface area contributed by atoms with Crippen LogP contribution >= 0.6 is 0 Å². The molecule has 1 aliphatic heterocycles. The Balaban J connectivity index is 1.94. The van der Waals surface area contributed by atoms with Crippen LogP contribution in [-0.4, -0.2) is 52.1 Å². The Hall–Kier alpha value is -2.48. The monoisotopic (exact) mass is 294 g/mol. The van der Waals surface area contributed by atoms with Crippen LogP contribution in [0.15, 0.2) is 24.3 Å². The number of nitrogens with zero attached hydrogens (tertiary/aromatic N) is 2. The van der Waals surface area contributed by atoms with E-state index in [4.69, 9.17) is 9.84 Å². The molecule has 0 aromatic heterocycles. The normalized spacial score (nSPS) is 16.1. The lowest BCUT2D eigenvalue weighted by atomic mass is 9.95. The largest absolute Gasteiger partial charge is 0.480 e. The number of ether oxygens (including phenoxy) is 1. The molecule has 112 valence electrons. The van der Waals surface area contributed by atoms with E-state index in [0.29, 0.717) is 5.56 Å². The molecule has 1 fully saturated rings. The highest BCUT2D eigenvalue weighted by Crippen LogP contribution is 2.26. The van der Waals surface area contributed by atoms with E-state index in [-0.39, 0.29) is 24.7 Å².